The van der Waals surface area contributed by atoms with Crippen molar-refractivity contribution in [2.75, 3.05) is 32.9 Å². The summed E-state index contributed by atoms with van der Waals surface area (Å²) in [6.07, 6.45) is 22.0. The molecule has 0 rings (SSSR count). The Hall–Kier alpha value is -0.160. The molecule has 0 bridgehead atoms. The number of rotatable bonds is 23. The van der Waals surface area contributed by atoms with Crippen molar-refractivity contribution < 1.29 is 14.9 Å². The molecular weight excluding hydrogens is 350 g/mol. The Morgan fingerprint density at radius 2 is 0.964 bits per heavy atom. The molecule has 0 aromatic rings. The lowest BCUT2D eigenvalue weighted by molar-refractivity contribution is -0.0586. The molecule has 0 fully saturated rings. The Bertz CT molecular complexity index is 283. The average Bonchev–Trinajstić information content (AvgIpc) is 2.70. The second-order valence-electron chi connectivity index (χ2n) is 8.26. The van der Waals surface area contributed by atoms with E-state index in [1.54, 1.807) is 0 Å². The van der Waals surface area contributed by atoms with Gasteiger partial charge in [-0.15, -0.1) is 0 Å². The van der Waals surface area contributed by atoms with Crippen molar-refractivity contribution in [1.82, 2.24) is 4.90 Å². The second kappa shape index (κ2) is 23.1. The van der Waals surface area contributed by atoms with E-state index in [1.165, 1.54) is 96.3 Å². The molecule has 0 aliphatic carbocycles. The highest BCUT2D eigenvalue weighted by Crippen LogP contribution is 2.14. The number of nitrogens with zero attached hydrogens (tertiary/aromatic N) is 1. The summed E-state index contributed by atoms with van der Waals surface area (Å²) in [6, 6.07) is 0. The summed E-state index contributed by atoms with van der Waals surface area (Å²) in [5.74, 6) is 0. The minimum absolute atomic E-state index is 0.0318. The van der Waals surface area contributed by atoms with Gasteiger partial charge in [0.05, 0.1) is 13.2 Å². The van der Waals surface area contributed by atoms with Crippen LogP contribution in [-0.2, 0) is 4.74 Å². The van der Waals surface area contributed by atoms with Gasteiger partial charge in [0.1, 0.15) is 6.23 Å². The fourth-order valence-electron chi connectivity index (χ4n) is 3.74. The predicted molar refractivity (Wildman–Crippen MR) is 121 cm³/mol. The van der Waals surface area contributed by atoms with Crippen LogP contribution in [0.3, 0.4) is 0 Å². The monoisotopic (exact) mass is 401 g/mol. The molecule has 4 heteroatoms. The normalized spacial score (nSPS) is 12.8. The minimum atomic E-state index is -0.0318. The SMILES string of the molecule is CCCCCCCCCCCCCCCCCCOC(C)N(CCO)CCO. The van der Waals surface area contributed by atoms with Gasteiger partial charge >= 0.3 is 0 Å². The summed E-state index contributed by atoms with van der Waals surface area (Å²) >= 11 is 0. The molecule has 28 heavy (non-hydrogen) atoms. The van der Waals surface area contributed by atoms with Gasteiger partial charge in [-0.2, -0.15) is 0 Å². The third-order valence-electron chi connectivity index (χ3n) is 5.65. The zero-order chi connectivity index (χ0) is 20.7. The molecule has 1 unspecified atom stereocenters. The molecule has 0 radical (unpaired) electrons. The van der Waals surface area contributed by atoms with Crippen LogP contribution in [0.4, 0.5) is 0 Å². The van der Waals surface area contributed by atoms with Crippen LogP contribution in [0.1, 0.15) is 117 Å². The van der Waals surface area contributed by atoms with Gasteiger partial charge in [-0.1, -0.05) is 103 Å². The Morgan fingerprint density at radius 1 is 0.607 bits per heavy atom. The van der Waals surface area contributed by atoms with Crippen LogP contribution >= 0.6 is 0 Å². The minimum Gasteiger partial charge on any atom is -0.395 e. The number of hydrogen-bond donors (Lipinski definition) is 2. The van der Waals surface area contributed by atoms with Gasteiger partial charge < -0.3 is 14.9 Å². The maximum absolute atomic E-state index is 9.05. The van der Waals surface area contributed by atoms with Gasteiger partial charge in [0.25, 0.3) is 0 Å². The van der Waals surface area contributed by atoms with Gasteiger partial charge in [-0.05, 0) is 13.3 Å². The Labute approximate surface area is 176 Å². The third-order valence-corrected chi connectivity index (χ3v) is 5.65. The molecule has 2 N–H and O–H groups in total. The van der Waals surface area contributed by atoms with E-state index in [-0.39, 0.29) is 19.4 Å². The van der Waals surface area contributed by atoms with Crippen molar-refractivity contribution in [3.63, 3.8) is 0 Å². The Kier molecular flexibility index (Phi) is 23.0. The first-order chi connectivity index (χ1) is 13.8. The van der Waals surface area contributed by atoms with Crippen LogP contribution in [0.25, 0.3) is 0 Å². The van der Waals surface area contributed by atoms with Gasteiger partial charge in [-0.3, -0.25) is 4.90 Å². The molecule has 1 atom stereocenters. The quantitative estimate of drug-likeness (QED) is 0.165. The lowest BCUT2D eigenvalue weighted by Gasteiger charge is -2.27. The first-order valence-electron chi connectivity index (χ1n) is 12.3. The molecule has 0 aliphatic rings. The molecule has 0 spiro atoms. The number of aliphatic hydroxyl groups excluding tert-OH is 2. The van der Waals surface area contributed by atoms with Gasteiger partial charge in [0.15, 0.2) is 0 Å². The van der Waals surface area contributed by atoms with E-state index in [2.05, 4.69) is 6.92 Å². The molecular formula is C24H51NO3. The van der Waals surface area contributed by atoms with Crippen molar-refractivity contribution >= 4 is 0 Å². The first kappa shape index (κ1) is 27.8. The largest absolute Gasteiger partial charge is 0.395 e. The highest BCUT2D eigenvalue weighted by Gasteiger charge is 2.12. The van der Waals surface area contributed by atoms with E-state index < -0.39 is 0 Å². The van der Waals surface area contributed by atoms with Crippen LogP contribution in [0.5, 0.6) is 0 Å². The van der Waals surface area contributed by atoms with Gasteiger partial charge in [0, 0.05) is 19.7 Å². The van der Waals surface area contributed by atoms with Crippen molar-refractivity contribution in [2.24, 2.45) is 0 Å². The topological polar surface area (TPSA) is 52.9 Å². The van der Waals surface area contributed by atoms with E-state index in [0.29, 0.717) is 13.1 Å². The molecule has 4 nitrogen and oxygen atoms in total. The van der Waals surface area contributed by atoms with Crippen molar-refractivity contribution in [2.45, 2.75) is 123 Å². The fourth-order valence-corrected chi connectivity index (χ4v) is 3.74. The Morgan fingerprint density at radius 3 is 1.32 bits per heavy atom. The van der Waals surface area contributed by atoms with Gasteiger partial charge in [0.2, 0.25) is 0 Å². The fraction of sp³-hybridized carbons (Fsp3) is 1.00. The van der Waals surface area contributed by atoms with Gasteiger partial charge in [-0.25, -0.2) is 0 Å². The maximum Gasteiger partial charge on any atom is 0.107 e. The van der Waals surface area contributed by atoms with E-state index in [0.717, 1.165) is 13.0 Å². The second-order valence-corrected chi connectivity index (χ2v) is 8.26. The molecule has 0 aliphatic heterocycles. The van der Waals surface area contributed by atoms with Crippen LogP contribution in [0.15, 0.2) is 0 Å². The smallest absolute Gasteiger partial charge is 0.107 e. The summed E-state index contributed by atoms with van der Waals surface area (Å²) in [5, 5.41) is 18.1. The molecule has 0 heterocycles. The zero-order valence-electron chi connectivity index (χ0n) is 19.2. The third kappa shape index (κ3) is 19.2. The molecule has 0 saturated heterocycles. The van der Waals surface area contributed by atoms with Crippen molar-refractivity contribution in [1.29, 1.82) is 0 Å². The highest BCUT2D eigenvalue weighted by atomic mass is 16.5. The van der Waals surface area contributed by atoms with E-state index in [9.17, 15) is 0 Å². The summed E-state index contributed by atoms with van der Waals surface area (Å²) in [7, 11) is 0. The number of aliphatic hydroxyl groups is 2. The summed E-state index contributed by atoms with van der Waals surface area (Å²) in [5.41, 5.74) is 0. The van der Waals surface area contributed by atoms with E-state index in [1.807, 2.05) is 11.8 Å². The van der Waals surface area contributed by atoms with Crippen LogP contribution in [0.2, 0.25) is 0 Å². The van der Waals surface area contributed by atoms with Crippen LogP contribution in [-0.4, -0.2) is 54.3 Å². The number of unbranched alkanes of at least 4 members (excludes halogenated alkanes) is 15. The molecule has 170 valence electrons. The zero-order valence-corrected chi connectivity index (χ0v) is 19.2. The van der Waals surface area contributed by atoms with Crippen molar-refractivity contribution in [3.8, 4) is 0 Å². The lowest BCUT2D eigenvalue weighted by Crippen LogP contribution is -2.39. The first-order valence-corrected chi connectivity index (χ1v) is 12.3. The molecule has 0 saturated carbocycles. The Balaban J connectivity index is 3.25. The summed E-state index contributed by atoms with van der Waals surface area (Å²) in [4.78, 5) is 1.98. The maximum atomic E-state index is 9.05. The number of ether oxygens (including phenoxy) is 1. The molecule has 0 aromatic carbocycles. The van der Waals surface area contributed by atoms with Crippen molar-refractivity contribution in [3.05, 3.63) is 0 Å². The summed E-state index contributed by atoms with van der Waals surface area (Å²) in [6.45, 7) is 6.37. The predicted octanol–water partition coefficient (Wildman–Crippen LogP) is 5.90. The van der Waals surface area contributed by atoms with E-state index in [4.69, 9.17) is 14.9 Å². The number of hydrogen-bond acceptors (Lipinski definition) is 4. The summed E-state index contributed by atoms with van der Waals surface area (Å²) < 4.78 is 5.83. The van der Waals surface area contributed by atoms with Crippen LogP contribution < -0.4 is 0 Å². The molecule has 0 amide bonds. The van der Waals surface area contributed by atoms with E-state index >= 15 is 0 Å². The molecule has 0 aromatic heterocycles. The standard InChI is InChI=1S/C24H51NO3/c1-3-4-5-6-7-8-9-10-11-12-13-14-15-16-17-18-23-28-24(2)25(19-21-26)20-22-27/h24,26-27H,3-23H2,1-2H3. The van der Waals surface area contributed by atoms with Crippen LogP contribution in [0, 0.1) is 0 Å². The average molecular weight is 402 g/mol. The highest BCUT2D eigenvalue weighted by molar-refractivity contribution is 4.58. The lowest BCUT2D eigenvalue weighted by atomic mass is 10.0.